The summed E-state index contributed by atoms with van der Waals surface area (Å²) in [5.74, 6) is -0.844. The summed E-state index contributed by atoms with van der Waals surface area (Å²) in [6.07, 6.45) is 3.27. The SMILES string of the molecule is C=CCNC(=O)C(C(=S)Nc1ccccc1)c1ccccn1. The molecule has 1 unspecified atom stereocenters. The van der Waals surface area contributed by atoms with Crippen molar-refractivity contribution in [2.45, 2.75) is 5.92 Å². The molecule has 1 aromatic heterocycles. The van der Waals surface area contributed by atoms with Gasteiger partial charge in [0.25, 0.3) is 0 Å². The summed E-state index contributed by atoms with van der Waals surface area (Å²) in [4.78, 5) is 17.1. The van der Waals surface area contributed by atoms with Crippen LogP contribution >= 0.6 is 12.2 Å². The van der Waals surface area contributed by atoms with E-state index in [1.807, 2.05) is 36.4 Å². The molecule has 1 heterocycles. The van der Waals surface area contributed by atoms with Crippen molar-refractivity contribution >= 4 is 28.8 Å². The molecule has 4 nitrogen and oxygen atoms in total. The summed E-state index contributed by atoms with van der Waals surface area (Å²) in [5, 5.41) is 5.88. The monoisotopic (exact) mass is 311 g/mol. The Morgan fingerprint density at radius 2 is 1.95 bits per heavy atom. The Hall–Kier alpha value is -2.53. The van der Waals surface area contributed by atoms with Gasteiger partial charge in [-0.05, 0) is 24.3 Å². The molecule has 0 bridgehead atoms. The first-order valence-electron chi connectivity index (χ1n) is 6.88. The zero-order valence-corrected chi connectivity index (χ0v) is 12.8. The third kappa shape index (κ3) is 4.23. The molecular formula is C17H17N3OS. The lowest BCUT2D eigenvalue weighted by molar-refractivity contribution is -0.120. The van der Waals surface area contributed by atoms with Crippen LogP contribution in [-0.2, 0) is 4.79 Å². The lowest BCUT2D eigenvalue weighted by Crippen LogP contribution is -2.36. The minimum Gasteiger partial charge on any atom is -0.352 e. The molecule has 0 fully saturated rings. The first-order valence-corrected chi connectivity index (χ1v) is 7.28. The highest BCUT2D eigenvalue weighted by Crippen LogP contribution is 2.18. The van der Waals surface area contributed by atoms with Gasteiger partial charge in [-0.3, -0.25) is 9.78 Å². The number of anilines is 1. The molecule has 22 heavy (non-hydrogen) atoms. The van der Waals surface area contributed by atoms with E-state index in [9.17, 15) is 4.79 Å². The summed E-state index contributed by atoms with van der Waals surface area (Å²) in [6.45, 7) is 3.98. The van der Waals surface area contributed by atoms with Crippen molar-refractivity contribution in [1.82, 2.24) is 10.3 Å². The number of nitrogens with one attached hydrogen (secondary N) is 2. The second-order valence-corrected chi connectivity index (χ2v) is 5.02. The maximum atomic E-state index is 12.4. The van der Waals surface area contributed by atoms with Crippen molar-refractivity contribution in [3.63, 3.8) is 0 Å². The molecule has 0 aliphatic carbocycles. The number of benzene rings is 1. The fourth-order valence-electron chi connectivity index (χ4n) is 1.95. The van der Waals surface area contributed by atoms with Crippen LogP contribution < -0.4 is 10.6 Å². The second kappa shape index (κ2) is 8.05. The smallest absolute Gasteiger partial charge is 0.236 e. The van der Waals surface area contributed by atoms with E-state index in [1.165, 1.54) is 0 Å². The highest BCUT2D eigenvalue weighted by molar-refractivity contribution is 7.80. The van der Waals surface area contributed by atoms with Gasteiger partial charge in [-0.15, -0.1) is 6.58 Å². The molecule has 0 spiro atoms. The van der Waals surface area contributed by atoms with Crippen molar-refractivity contribution < 1.29 is 4.79 Å². The number of thiocarbonyl (C=S) groups is 1. The standard InChI is InChI=1S/C17H17N3OS/c1-2-11-19-16(21)15(14-10-6-7-12-18-14)17(22)20-13-8-4-3-5-9-13/h2-10,12,15H,1,11H2,(H,19,21)(H,20,22). The highest BCUT2D eigenvalue weighted by Gasteiger charge is 2.26. The summed E-state index contributed by atoms with van der Waals surface area (Å²) in [6, 6.07) is 14.9. The number of para-hydroxylation sites is 1. The average Bonchev–Trinajstić information content (AvgIpc) is 2.55. The first-order chi connectivity index (χ1) is 10.7. The van der Waals surface area contributed by atoms with Crippen LogP contribution in [0.5, 0.6) is 0 Å². The van der Waals surface area contributed by atoms with Crippen LogP contribution in [0.3, 0.4) is 0 Å². The predicted molar refractivity (Wildman–Crippen MR) is 92.8 cm³/mol. The number of rotatable bonds is 6. The van der Waals surface area contributed by atoms with Crippen molar-refractivity contribution in [1.29, 1.82) is 0 Å². The lowest BCUT2D eigenvalue weighted by Gasteiger charge is -2.18. The molecule has 112 valence electrons. The van der Waals surface area contributed by atoms with Crippen molar-refractivity contribution in [2.24, 2.45) is 0 Å². The Balaban J connectivity index is 2.22. The molecule has 1 aromatic carbocycles. The van der Waals surface area contributed by atoms with Crippen LogP contribution in [-0.4, -0.2) is 22.4 Å². The molecule has 0 aliphatic rings. The van der Waals surface area contributed by atoms with Gasteiger partial charge in [0, 0.05) is 18.4 Å². The van der Waals surface area contributed by atoms with E-state index in [0.717, 1.165) is 5.69 Å². The molecule has 2 rings (SSSR count). The van der Waals surface area contributed by atoms with Crippen LogP contribution in [0.4, 0.5) is 5.69 Å². The van der Waals surface area contributed by atoms with E-state index in [4.69, 9.17) is 12.2 Å². The molecule has 0 saturated carbocycles. The number of amides is 1. The number of hydrogen-bond acceptors (Lipinski definition) is 3. The van der Waals surface area contributed by atoms with E-state index < -0.39 is 5.92 Å². The van der Waals surface area contributed by atoms with Crippen LogP contribution in [0.25, 0.3) is 0 Å². The second-order valence-electron chi connectivity index (χ2n) is 4.58. The highest BCUT2D eigenvalue weighted by atomic mass is 32.1. The number of carbonyl (C=O) groups excluding carboxylic acids is 1. The summed E-state index contributed by atoms with van der Waals surface area (Å²) < 4.78 is 0. The lowest BCUT2D eigenvalue weighted by atomic mass is 10.0. The van der Waals surface area contributed by atoms with Crippen molar-refractivity contribution in [3.05, 3.63) is 73.1 Å². The van der Waals surface area contributed by atoms with Gasteiger partial charge in [0.2, 0.25) is 5.91 Å². The Bertz CT molecular complexity index is 643. The Labute approximate surface area is 135 Å². The molecule has 1 amide bonds. The third-order valence-electron chi connectivity index (χ3n) is 2.97. The summed E-state index contributed by atoms with van der Waals surface area (Å²) in [5.41, 5.74) is 1.45. The minimum atomic E-state index is -0.642. The van der Waals surface area contributed by atoms with Gasteiger partial charge >= 0.3 is 0 Å². The zero-order chi connectivity index (χ0) is 15.8. The fourth-order valence-corrected chi connectivity index (χ4v) is 2.29. The van der Waals surface area contributed by atoms with Gasteiger partial charge in [-0.2, -0.15) is 0 Å². The number of aromatic nitrogens is 1. The third-order valence-corrected chi connectivity index (χ3v) is 3.31. The van der Waals surface area contributed by atoms with Crippen LogP contribution in [0.1, 0.15) is 11.6 Å². The topological polar surface area (TPSA) is 54.0 Å². The maximum Gasteiger partial charge on any atom is 0.236 e. The largest absolute Gasteiger partial charge is 0.352 e. The van der Waals surface area contributed by atoms with Crippen molar-refractivity contribution in [2.75, 3.05) is 11.9 Å². The Morgan fingerprint density at radius 1 is 1.23 bits per heavy atom. The normalized spacial score (nSPS) is 11.3. The molecule has 0 radical (unpaired) electrons. The van der Waals surface area contributed by atoms with Gasteiger partial charge in [0.15, 0.2) is 0 Å². The number of pyridine rings is 1. The predicted octanol–water partition coefficient (Wildman–Crippen LogP) is 2.91. The summed E-state index contributed by atoms with van der Waals surface area (Å²) in [7, 11) is 0. The fraction of sp³-hybridized carbons (Fsp3) is 0.118. The molecular weight excluding hydrogens is 294 g/mol. The summed E-state index contributed by atoms with van der Waals surface area (Å²) >= 11 is 5.43. The number of carbonyl (C=O) groups is 1. The zero-order valence-electron chi connectivity index (χ0n) is 12.0. The van der Waals surface area contributed by atoms with Gasteiger partial charge in [0.1, 0.15) is 5.92 Å². The molecule has 1 atom stereocenters. The van der Waals surface area contributed by atoms with Gasteiger partial charge in [-0.25, -0.2) is 0 Å². The van der Waals surface area contributed by atoms with Crippen LogP contribution in [0, 0.1) is 0 Å². The molecule has 0 aliphatic heterocycles. The van der Waals surface area contributed by atoms with Gasteiger partial charge in [-0.1, -0.05) is 42.6 Å². The van der Waals surface area contributed by atoms with E-state index in [-0.39, 0.29) is 5.91 Å². The molecule has 5 heteroatoms. The number of hydrogen-bond donors (Lipinski definition) is 2. The molecule has 0 saturated heterocycles. The first kappa shape index (κ1) is 15.9. The maximum absolute atomic E-state index is 12.4. The minimum absolute atomic E-state index is 0.202. The molecule has 2 N–H and O–H groups in total. The van der Waals surface area contributed by atoms with Crippen LogP contribution in [0.2, 0.25) is 0 Å². The molecule has 2 aromatic rings. The van der Waals surface area contributed by atoms with E-state index in [1.54, 1.807) is 24.4 Å². The van der Waals surface area contributed by atoms with Gasteiger partial charge in [0.05, 0.1) is 10.7 Å². The van der Waals surface area contributed by atoms with Gasteiger partial charge < -0.3 is 10.6 Å². The Kier molecular flexibility index (Phi) is 5.80. The Morgan fingerprint density at radius 3 is 2.59 bits per heavy atom. The van der Waals surface area contributed by atoms with Crippen LogP contribution in [0.15, 0.2) is 67.4 Å². The average molecular weight is 311 g/mol. The quantitative estimate of drug-likeness (QED) is 0.636. The van der Waals surface area contributed by atoms with E-state index >= 15 is 0 Å². The van der Waals surface area contributed by atoms with E-state index in [0.29, 0.717) is 17.2 Å². The van der Waals surface area contributed by atoms with Crippen molar-refractivity contribution in [3.8, 4) is 0 Å². The van der Waals surface area contributed by atoms with E-state index in [2.05, 4.69) is 22.2 Å². The number of nitrogens with zero attached hydrogens (tertiary/aromatic N) is 1.